The topological polar surface area (TPSA) is 70.5 Å². The normalized spacial score (nSPS) is 17.2. The van der Waals surface area contributed by atoms with Crippen molar-refractivity contribution in [3.63, 3.8) is 0 Å². The molecule has 0 aliphatic carbocycles. The van der Waals surface area contributed by atoms with Crippen molar-refractivity contribution in [1.29, 1.82) is 0 Å². The molecule has 0 unspecified atom stereocenters. The first-order valence-electron chi connectivity index (χ1n) is 8.72. The SMILES string of the molecule is CC(C)N1CCN(c2ccc3c(c2)nc(N)n3CC(C)(C)O)CC1. The van der Waals surface area contributed by atoms with Gasteiger partial charge in [0.25, 0.3) is 0 Å². The Morgan fingerprint density at radius 1 is 1.21 bits per heavy atom. The Hall–Kier alpha value is -1.79. The van der Waals surface area contributed by atoms with Gasteiger partial charge in [-0.2, -0.15) is 0 Å². The molecule has 132 valence electrons. The Morgan fingerprint density at radius 3 is 2.46 bits per heavy atom. The maximum atomic E-state index is 10.1. The molecule has 6 nitrogen and oxygen atoms in total. The molecule has 1 aromatic heterocycles. The van der Waals surface area contributed by atoms with Gasteiger partial charge in [0.05, 0.1) is 23.2 Å². The number of imidazole rings is 1. The van der Waals surface area contributed by atoms with Gasteiger partial charge in [0, 0.05) is 37.9 Å². The van der Waals surface area contributed by atoms with Crippen LogP contribution in [0.1, 0.15) is 27.7 Å². The molecule has 0 amide bonds. The van der Waals surface area contributed by atoms with Gasteiger partial charge in [0.1, 0.15) is 0 Å². The van der Waals surface area contributed by atoms with Crippen molar-refractivity contribution < 1.29 is 5.11 Å². The zero-order valence-corrected chi connectivity index (χ0v) is 15.2. The van der Waals surface area contributed by atoms with Crippen molar-refractivity contribution in [2.45, 2.75) is 45.9 Å². The molecule has 0 spiro atoms. The Bertz CT molecular complexity index is 708. The molecule has 3 N–H and O–H groups in total. The van der Waals surface area contributed by atoms with Crippen molar-refractivity contribution >= 4 is 22.7 Å². The smallest absolute Gasteiger partial charge is 0.201 e. The highest BCUT2D eigenvalue weighted by molar-refractivity contribution is 5.82. The van der Waals surface area contributed by atoms with Crippen LogP contribution in [0.3, 0.4) is 0 Å². The van der Waals surface area contributed by atoms with Gasteiger partial charge in [-0.3, -0.25) is 4.90 Å². The molecule has 2 aromatic rings. The summed E-state index contributed by atoms with van der Waals surface area (Å²) in [5, 5.41) is 10.1. The maximum Gasteiger partial charge on any atom is 0.201 e. The van der Waals surface area contributed by atoms with Crippen LogP contribution in [0.25, 0.3) is 11.0 Å². The van der Waals surface area contributed by atoms with Crippen LogP contribution in [-0.4, -0.2) is 57.4 Å². The molecule has 1 fully saturated rings. The molecule has 1 aliphatic rings. The predicted molar refractivity (Wildman–Crippen MR) is 99.4 cm³/mol. The molecule has 1 saturated heterocycles. The number of piperazine rings is 1. The van der Waals surface area contributed by atoms with E-state index in [1.54, 1.807) is 13.8 Å². The van der Waals surface area contributed by atoms with E-state index in [1.165, 1.54) is 5.69 Å². The largest absolute Gasteiger partial charge is 0.389 e. The fourth-order valence-electron chi connectivity index (χ4n) is 3.38. The number of aliphatic hydroxyl groups is 1. The van der Waals surface area contributed by atoms with E-state index < -0.39 is 5.60 Å². The van der Waals surface area contributed by atoms with E-state index in [1.807, 2.05) is 4.57 Å². The van der Waals surface area contributed by atoms with Crippen LogP contribution in [0.15, 0.2) is 18.2 Å². The van der Waals surface area contributed by atoms with Gasteiger partial charge in [-0.05, 0) is 45.9 Å². The number of nitrogens with zero attached hydrogens (tertiary/aromatic N) is 4. The molecule has 0 bridgehead atoms. The third kappa shape index (κ3) is 3.49. The molecule has 24 heavy (non-hydrogen) atoms. The lowest BCUT2D eigenvalue weighted by molar-refractivity contribution is 0.0633. The lowest BCUT2D eigenvalue weighted by Crippen LogP contribution is -2.48. The highest BCUT2D eigenvalue weighted by Gasteiger charge is 2.21. The average Bonchev–Trinajstić information content (AvgIpc) is 2.81. The first-order valence-corrected chi connectivity index (χ1v) is 8.72. The molecule has 6 heteroatoms. The molecular weight excluding hydrogens is 302 g/mol. The van der Waals surface area contributed by atoms with Crippen molar-refractivity contribution in [2.24, 2.45) is 0 Å². The number of nitrogen functional groups attached to an aromatic ring is 1. The molecule has 0 radical (unpaired) electrons. The van der Waals surface area contributed by atoms with Gasteiger partial charge in [-0.1, -0.05) is 0 Å². The lowest BCUT2D eigenvalue weighted by Gasteiger charge is -2.38. The summed E-state index contributed by atoms with van der Waals surface area (Å²) in [5.41, 5.74) is 8.29. The third-order valence-electron chi connectivity index (χ3n) is 4.72. The minimum absolute atomic E-state index is 0.432. The van der Waals surface area contributed by atoms with E-state index in [2.05, 4.69) is 46.8 Å². The van der Waals surface area contributed by atoms with Gasteiger partial charge in [0.15, 0.2) is 0 Å². The number of rotatable bonds is 4. The van der Waals surface area contributed by atoms with Gasteiger partial charge in [-0.25, -0.2) is 4.98 Å². The zero-order valence-electron chi connectivity index (χ0n) is 15.2. The average molecular weight is 331 g/mol. The number of hydrogen-bond acceptors (Lipinski definition) is 5. The molecule has 1 aromatic carbocycles. The van der Waals surface area contributed by atoms with Crippen molar-refractivity contribution in [1.82, 2.24) is 14.5 Å². The van der Waals surface area contributed by atoms with Crippen LogP contribution >= 0.6 is 0 Å². The van der Waals surface area contributed by atoms with E-state index in [-0.39, 0.29) is 0 Å². The first-order chi connectivity index (χ1) is 11.2. The Balaban J connectivity index is 1.83. The van der Waals surface area contributed by atoms with Gasteiger partial charge >= 0.3 is 0 Å². The molecular formula is C18H29N5O. The molecule has 0 saturated carbocycles. The zero-order chi connectivity index (χ0) is 17.5. The molecule has 2 heterocycles. The highest BCUT2D eigenvalue weighted by atomic mass is 16.3. The summed E-state index contributed by atoms with van der Waals surface area (Å²) < 4.78 is 1.88. The van der Waals surface area contributed by atoms with Crippen LogP contribution in [0.5, 0.6) is 0 Å². The van der Waals surface area contributed by atoms with E-state index in [4.69, 9.17) is 5.73 Å². The molecule has 3 rings (SSSR count). The summed E-state index contributed by atoms with van der Waals surface area (Å²) in [7, 11) is 0. The summed E-state index contributed by atoms with van der Waals surface area (Å²) in [6.45, 7) is 12.7. The fourth-order valence-corrected chi connectivity index (χ4v) is 3.38. The van der Waals surface area contributed by atoms with Crippen LogP contribution < -0.4 is 10.6 Å². The number of anilines is 2. The number of hydrogen-bond donors (Lipinski definition) is 2. The molecule has 0 atom stereocenters. The summed E-state index contributed by atoms with van der Waals surface area (Å²) in [5.74, 6) is 0.453. The third-order valence-corrected chi connectivity index (χ3v) is 4.72. The maximum absolute atomic E-state index is 10.1. The van der Waals surface area contributed by atoms with Gasteiger partial charge < -0.3 is 20.3 Å². The quantitative estimate of drug-likeness (QED) is 0.896. The van der Waals surface area contributed by atoms with E-state index in [0.29, 0.717) is 18.5 Å². The lowest BCUT2D eigenvalue weighted by atomic mass is 10.1. The van der Waals surface area contributed by atoms with Gasteiger partial charge in [0.2, 0.25) is 5.95 Å². The minimum atomic E-state index is -0.826. The van der Waals surface area contributed by atoms with E-state index in [0.717, 1.165) is 37.2 Å². The Labute approximate surface area is 143 Å². The second kappa shape index (κ2) is 6.26. The fraction of sp³-hybridized carbons (Fsp3) is 0.611. The summed E-state index contributed by atoms with van der Waals surface area (Å²) in [6, 6.07) is 6.91. The number of fused-ring (bicyclic) bond motifs is 1. The van der Waals surface area contributed by atoms with Crippen molar-refractivity contribution in [2.75, 3.05) is 36.8 Å². The molecule has 1 aliphatic heterocycles. The monoisotopic (exact) mass is 331 g/mol. The Morgan fingerprint density at radius 2 is 1.88 bits per heavy atom. The summed E-state index contributed by atoms with van der Waals surface area (Å²) in [4.78, 5) is 9.40. The standard InChI is InChI=1S/C18H29N5O/c1-13(2)21-7-9-22(10-8-21)14-5-6-16-15(11-14)20-17(19)23(16)12-18(3,4)24/h5-6,11,13,24H,7-10,12H2,1-4H3,(H2,19,20). The van der Waals surface area contributed by atoms with Crippen LogP contribution in [0, 0.1) is 0 Å². The van der Waals surface area contributed by atoms with Crippen molar-refractivity contribution in [3.05, 3.63) is 18.2 Å². The second-order valence-electron chi connectivity index (χ2n) is 7.66. The van der Waals surface area contributed by atoms with E-state index >= 15 is 0 Å². The number of benzene rings is 1. The summed E-state index contributed by atoms with van der Waals surface area (Å²) in [6.07, 6.45) is 0. The van der Waals surface area contributed by atoms with Crippen LogP contribution in [0.4, 0.5) is 11.6 Å². The van der Waals surface area contributed by atoms with Crippen LogP contribution in [-0.2, 0) is 6.54 Å². The number of nitrogens with two attached hydrogens (primary N) is 1. The van der Waals surface area contributed by atoms with Crippen molar-refractivity contribution in [3.8, 4) is 0 Å². The second-order valence-corrected chi connectivity index (χ2v) is 7.66. The van der Waals surface area contributed by atoms with Gasteiger partial charge in [-0.15, -0.1) is 0 Å². The predicted octanol–water partition coefficient (Wildman–Crippen LogP) is 1.92. The first kappa shape index (κ1) is 17.0. The highest BCUT2D eigenvalue weighted by Crippen LogP contribution is 2.26. The van der Waals surface area contributed by atoms with E-state index in [9.17, 15) is 5.11 Å². The number of aromatic nitrogens is 2. The minimum Gasteiger partial charge on any atom is -0.389 e. The van der Waals surface area contributed by atoms with Crippen LogP contribution in [0.2, 0.25) is 0 Å². The Kier molecular flexibility index (Phi) is 4.44. The summed E-state index contributed by atoms with van der Waals surface area (Å²) >= 11 is 0.